The van der Waals surface area contributed by atoms with Crippen molar-refractivity contribution in [2.45, 2.75) is 12.8 Å². The molecule has 1 heterocycles. The third-order valence-corrected chi connectivity index (χ3v) is 6.50. The van der Waals surface area contributed by atoms with E-state index in [9.17, 15) is 13.2 Å². The molecule has 0 bridgehead atoms. The average Bonchev–Trinajstić information content (AvgIpc) is 3.06. The Morgan fingerprint density at radius 3 is 2.67 bits per heavy atom. The highest BCUT2D eigenvalue weighted by molar-refractivity contribution is 7.89. The normalized spacial score (nSPS) is 18.2. The SMILES string of the molecule is O=C(CN1CCCS1(=O)=O)Nc1ccc2c(c1)Cc1ccccc1-2. The lowest BCUT2D eigenvalue weighted by Gasteiger charge is -2.14. The predicted molar refractivity (Wildman–Crippen MR) is 93.3 cm³/mol. The van der Waals surface area contributed by atoms with Crippen LogP contribution in [0.3, 0.4) is 0 Å². The second-order valence-electron chi connectivity index (χ2n) is 6.26. The Bertz CT molecular complexity index is 922. The van der Waals surface area contributed by atoms with Crippen molar-refractivity contribution in [1.82, 2.24) is 4.31 Å². The first kappa shape index (κ1) is 15.4. The highest BCUT2D eigenvalue weighted by atomic mass is 32.2. The van der Waals surface area contributed by atoms with E-state index < -0.39 is 10.0 Å². The molecule has 0 saturated carbocycles. The topological polar surface area (TPSA) is 66.5 Å². The molecular formula is C18H18N2O3S. The Labute approximate surface area is 141 Å². The lowest BCUT2D eigenvalue weighted by molar-refractivity contribution is -0.116. The third-order valence-electron chi connectivity index (χ3n) is 4.60. The monoisotopic (exact) mass is 342 g/mol. The van der Waals surface area contributed by atoms with Gasteiger partial charge in [-0.25, -0.2) is 8.42 Å². The summed E-state index contributed by atoms with van der Waals surface area (Å²) in [4.78, 5) is 12.2. The molecular weight excluding hydrogens is 324 g/mol. The summed E-state index contributed by atoms with van der Waals surface area (Å²) in [6.45, 7) is 0.314. The first-order valence-electron chi connectivity index (χ1n) is 8.02. The van der Waals surface area contributed by atoms with Crippen molar-refractivity contribution < 1.29 is 13.2 Å². The molecule has 2 aliphatic rings. The van der Waals surface area contributed by atoms with Crippen LogP contribution in [-0.2, 0) is 21.2 Å². The van der Waals surface area contributed by atoms with Gasteiger partial charge in [-0.3, -0.25) is 4.79 Å². The van der Waals surface area contributed by atoms with E-state index in [1.807, 2.05) is 30.3 Å². The summed E-state index contributed by atoms with van der Waals surface area (Å²) >= 11 is 0. The molecule has 6 heteroatoms. The molecule has 1 amide bonds. The van der Waals surface area contributed by atoms with Crippen LogP contribution >= 0.6 is 0 Å². The summed E-state index contributed by atoms with van der Waals surface area (Å²) in [6.07, 6.45) is 1.45. The van der Waals surface area contributed by atoms with E-state index in [2.05, 4.69) is 17.4 Å². The lowest BCUT2D eigenvalue weighted by atomic mass is 10.1. The zero-order valence-corrected chi connectivity index (χ0v) is 14.0. The maximum Gasteiger partial charge on any atom is 0.239 e. The van der Waals surface area contributed by atoms with E-state index in [-0.39, 0.29) is 18.2 Å². The molecule has 5 nitrogen and oxygen atoms in total. The molecule has 1 N–H and O–H groups in total. The Balaban J connectivity index is 1.49. The van der Waals surface area contributed by atoms with Crippen LogP contribution < -0.4 is 5.32 Å². The number of carbonyl (C=O) groups is 1. The lowest BCUT2D eigenvalue weighted by Crippen LogP contribution is -2.34. The summed E-state index contributed by atoms with van der Waals surface area (Å²) in [5.74, 6) is -0.159. The number of nitrogens with one attached hydrogen (secondary N) is 1. The van der Waals surface area contributed by atoms with Gasteiger partial charge in [-0.15, -0.1) is 0 Å². The van der Waals surface area contributed by atoms with Crippen molar-refractivity contribution in [1.29, 1.82) is 0 Å². The number of carbonyl (C=O) groups excluding carboxylic acids is 1. The predicted octanol–water partition coefficient (Wildman–Crippen LogP) is 2.23. The minimum atomic E-state index is -3.25. The summed E-state index contributed by atoms with van der Waals surface area (Å²) in [7, 11) is -3.25. The molecule has 2 aromatic carbocycles. The standard InChI is InChI=1S/C18H18N2O3S/c21-18(12-20-8-3-9-24(20,22)23)19-15-6-7-17-14(11-15)10-13-4-1-2-5-16(13)17/h1-2,4-7,11H,3,8-10,12H2,(H,19,21). The molecule has 4 rings (SSSR count). The first-order valence-corrected chi connectivity index (χ1v) is 9.63. The molecule has 1 aliphatic heterocycles. The van der Waals surface area contributed by atoms with Crippen LogP contribution in [0.4, 0.5) is 5.69 Å². The van der Waals surface area contributed by atoms with E-state index >= 15 is 0 Å². The summed E-state index contributed by atoms with van der Waals surface area (Å²) in [6, 6.07) is 14.2. The van der Waals surface area contributed by atoms with Crippen molar-refractivity contribution in [3.8, 4) is 11.1 Å². The quantitative estimate of drug-likeness (QED) is 0.794. The number of fused-ring (bicyclic) bond motifs is 3. The maximum atomic E-state index is 12.2. The van der Waals surface area contributed by atoms with Gasteiger partial charge in [-0.2, -0.15) is 4.31 Å². The Morgan fingerprint density at radius 1 is 1.08 bits per heavy atom. The van der Waals surface area contributed by atoms with Gasteiger partial charge in [0.2, 0.25) is 15.9 Å². The maximum absolute atomic E-state index is 12.2. The molecule has 2 aromatic rings. The Hall–Kier alpha value is -2.18. The van der Waals surface area contributed by atoms with Crippen molar-refractivity contribution in [3.05, 3.63) is 53.6 Å². The fraction of sp³-hybridized carbons (Fsp3) is 0.278. The van der Waals surface area contributed by atoms with Gasteiger partial charge in [0.25, 0.3) is 0 Å². The van der Waals surface area contributed by atoms with Gasteiger partial charge in [0.15, 0.2) is 0 Å². The summed E-state index contributed by atoms with van der Waals surface area (Å²) < 4.78 is 24.8. The smallest absolute Gasteiger partial charge is 0.239 e. The van der Waals surface area contributed by atoms with E-state index in [0.29, 0.717) is 18.7 Å². The largest absolute Gasteiger partial charge is 0.325 e. The van der Waals surface area contributed by atoms with Crippen LogP contribution in [0.2, 0.25) is 0 Å². The molecule has 0 atom stereocenters. The van der Waals surface area contributed by atoms with Gasteiger partial charge in [0, 0.05) is 12.2 Å². The first-order chi connectivity index (χ1) is 11.5. The number of rotatable bonds is 3. The third kappa shape index (κ3) is 2.72. The van der Waals surface area contributed by atoms with Crippen LogP contribution in [-0.4, -0.2) is 37.5 Å². The second kappa shape index (κ2) is 5.72. The van der Waals surface area contributed by atoms with Gasteiger partial charge < -0.3 is 5.32 Å². The van der Waals surface area contributed by atoms with Gasteiger partial charge in [-0.1, -0.05) is 30.3 Å². The molecule has 0 unspecified atom stereocenters. The van der Waals surface area contributed by atoms with Crippen LogP contribution in [0.5, 0.6) is 0 Å². The number of benzene rings is 2. The molecule has 24 heavy (non-hydrogen) atoms. The number of amides is 1. The van der Waals surface area contributed by atoms with Crippen LogP contribution in [0.15, 0.2) is 42.5 Å². The molecule has 1 aliphatic carbocycles. The van der Waals surface area contributed by atoms with Gasteiger partial charge in [-0.05, 0) is 47.2 Å². The molecule has 1 fully saturated rings. The average molecular weight is 342 g/mol. The van der Waals surface area contributed by atoms with Crippen molar-refractivity contribution >= 4 is 21.6 Å². The Morgan fingerprint density at radius 2 is 1.88 bits per heavy atom. The fourth-order valence-electron chi connectivity index (χ4n) is 3.45. The highest BCUT2D eigenvalue weighted by Gasteiger charge is 2.29. The minimum absolute atomic E-state index is 0.111. The van der Waals surface area contributed by atoms with E-state index in [0.717, 1.165) is 6.42 Å². The fourth-order valence-corrected chi connectivity index (χ4v) is 4.93. The van der Waals surface area contributed by atoms with Gasteiger partial charge >= 0.3 is 0 Å². The summed E-state index contributed by atoms with van der Waals surface area (Å²) in [5.41, 5.74) is 5.63. The number of sulfonamides is 1. The highest BCUT2D eigenvalue weighted by Crippen LogP contribution is 2.37. The second-order valence-corrected chi connectivity index (χ2v) is 8.35. The van der Waals surface area contributed by atoms with E-state index in [1.54, 1.807) is 0 Å². The number of hydrogen-bond donors (Lipinski definition) is 1. The summed E-state index contributed by atoms with van der Waals surface area (Å²) in [5, 5.41) is 2.82. The minimum Gasteiger partial charge on any atom is -0.325 e. The molecule has 0 radical (unpaired) electrons. The number of anilines is 1. The van der Waals surface area contributed by atoms with E-state index in [4.69, 9.17) is 0 Å². The van der Waals surface area contributed by atoms with Crippen LogP contribution in [0.25, 0.3) is 11.1 Å². The van der Waals surface area contributed by atoms with Crippen LogP contribution in [0.1, 0.15) is 17.5 Å². The number of hydrogen-bond acceptors (Lipinski definition) is 3. The number of nitrogens with zero attached hydrogens (tertiary/aromatic N) is 1. The van der Waals surface area contributed by atoms with Gasteiger partial charge in [0.1, 0.15) is 0 Å². The van der Waals surface area contributed by atoms with Crippen molar-refractivity contribution in [3.63, 3.8) is 0 Å². The van der Waals surface area contributed by atoms with Crippen LogP contribution in [0, 0.1) is 0 Å². The molecule has 124 valence electrons. The van der Waals surface area contributed by atoms with Gasteiger partial charge in [0.05, 0.1) is 12.3 Å². The van der Waals surface area contributed by atoms with Crippen molar-refractivity contribution in [2.75, 3.05) is 24.2 Å². The van der Waals surface area contributed by atoms with Crippen molar-refractivity contribution in [2.24, 2.45) is 0 Å². The zero-order chi connectivity index (χ0) is 16.7. The zero-order valence-electron chi connectivity index (χ0n) is 13.2. The molecule has 0 spiro atoms. The Kier molecular flexibility index (Phi) is 3.66. The molecule has 1 saturated heterocycles. The van der Waals surface area contributed by atoms with E-state index in [1.165, 1.54) is 26.6 Å². The molecule has 0 aromatic heterocycles.